The third kappa shape index (κ3) is 15.6. The first kappa shape index (κ1) is 53.5. The maximum atomic E-state index is 14.5. The summed E-state index contributed by atoms with van der Waals surface area (Å²) in [6, 6.07) is 6.35. The van der Waals surface area contributed by atoms with Crippen LogP contribution in [-0.2, 0) is 39.9 Å². The lowest BCUT2D eigenvalue weighted by Gasteiger charge is -2.41. The minimum atomic E-state index is -1.14. The molecule has 14 heteroatoms. The van der Waals surface area contributed by atoms with E-state index in [1.165, 1.54) is 7.11 Å². The summed E-state index contributed by atoms with van der Waals surface area (Å²) in [6.07, 6.45) is 2.77. The van der Waals surface area contributed by atoms with Gasteiger partial charge >= 0.3 is 5.97 Å². The molecule has 1 aromatic carbocycles. The molecule has 1 fully saturated rings. The van der Waals surface area contributed by atoms with Gasteiger partial charge in [-0.25, -0.2) is 4.79 Å². The number of likely N-dealkylation sites (tertiary alicyclic amines) is 1. The van der Waals surface area contributed by atoms with Crippen molar-refractivity contribution >= 4 is 29.6 Å². The molecule has 1 aliphatic heterocycles. The smallest absolute Gasteiger partial charge is 0.326 e. The van der Waals surface area contributed by atoms with E-state index in [4.69, 9.17) is 9.47 Å². The molecule has 9 atom stereocenters. The predicted octanol–water partition coefficient (Wildman–Crippen LogP) is 4.94. The summed E-state index contributed by atoms with van der Waals surface area (Å²) in [5.41, 5.74) is 0.786. The van der Waals surface area contributed by atoms with Crippen molar-refractivity contribution < 1.29 is 38.6 Å². The molecule has 3 N–H and O–H groups in total. The summed E-state index contributed by atoms with van der Waals surface area (Å²) in [5, 5.41) is 15.8. The van der Waals surface area contributed by atoms with Crippen LogP contribution in [0.25, 0.3) is 0 Å². The molecule has 0 spiro atoms. The van der Waals surface area contributed by atoms with Crippen LogP contribution in [0.4, 0.5) is 0 Å². The number of carbonyl (C=O) groups excluding carboxylic acids is 4. The molecule has 14 nitrogen and oxygen atoms in total. The summed E-state index contributed by atoms with van der Waals surface area (Å²) < 4.78 is 12.0. The average molecular weight is 859 g/mol. The molecule has 1 heterocycles. The highest BCUT2D eigenvalue weighted by molar-refractivity contribution is 5.90. The Morgan fingerprint density at radius 1 is 0.836 bits per heavy atom. The summed E-state index contributed by atoms with van der Waals surface area (Å²) >= 11 is 0. The van der Waals surface area contributed by atoms with Crippen LogP contribution in [0.1, 0.15) is 106 Å². The summed E-state index contributed by atoms with van der Waals surface area (Å²) in [7, 11) is 8.89. The van der Waals surface area contributed by atoms with Crippen molar-refractivity contribution in [3.8, 4) is 0 Å². The van der Waals surface area contributed by atoms with Crippen LogP contribution < -0.4 is 10.6 Å². The lowest BCUT2D eigenvalue weighted by Crippen LogP contribution is -2.60. The molecule has 2 rings (SSSR count). The first-order chi connectivity index (χ1) is 28.7. The number of aliphatic carboxylic acids is 1. The molecule has 4 amide bonds. The number of nitrogens with zero attached hydrogens (tertiary/aromatic N) is 4. The van der Waals surface area contributed by atoms with Gasteiger partial charge < -0.3 is 39.9 Å². The number of methoxy groups -OCH3 is 2. The topological polar surface area (TPSA) is 161 Å². The SMILES string of the molecule is CC[C@H](C)[C@@H]([C@@H](CC(=O)N1CCC[C@H]1[C@H](OC)[C@@H](C)C(=O)N[C@@H](Cc1ccccc1)C(=O)O)OC)N(C)C(=O)[C@@H](NC(=O)[C@H](C(C)C)N(C)CCCCN(C)C(C)C)C(C)C. The number of nitrogens with one attached hydrogen (secondary N) is 2. The second-order valence-corrected chi connectivity index (χ2v) is 18.4. The van der Waals surface area contributed by atoms with Crippen molar-refractivity contribution in [1.82, 2.24) is 30.2 Å². The standard InChI is InChI=1S/C47H82N6O8/c1-15-33(8)42(52(12)46(57)40(30(2)3)49-45(56)41(31(4)5)51(11)26-20-19-25-50(10)32(6)7)38(60-13)29-39(54)53-27-21-24-37(53)43(61-14)34(9)44(55)48-36(47(58)59)28-35-22-17-16-18-23-35/h16-18,22-23,30-34,36-38,40-43H,15,19-21,24-29H2,1-14H3,(H,48,55)(H,49,56)(H,58,59)/t33-,34+,36-,37-,38+,40-,41-,42-,43+/m0/s1. The fraction of sp³-hybridized carbons (Fsp3) is 0.766. The summed E-state index contributed by atoms with van der Waals surface area (Å²) in [4.78, 5) is 76.4. The van der Waals surface area contributed by atoms with Gasteiger partial charge in [-0.05, 0) is 90.0 Å². The van der Waals surface area contributed by atoms with Crippen LogP contribution in [0.2, 0.25) is 0 Å². The second-order valence-electron chi connectivity index (χ2n) is 18.4. The second kappa shape index (κ2) is 26.1. The highest BCUT2D eigenvalue weighted by Gasteiger charge is 2.43. The highest BCUT2D eigenvalue weighted by Crippen LogP contribution is 2.30. The number of amides is 4. The molecule has 0 saturated carbocycles. The van der Waals surface area contributed by atoms with Crippen molar-refractivity contribution in [2.45, 2.75) is 156 Å². The number of ether oxygens (including phenoxy) is 2. The first-order valence-corrected chi connectivity index (χ1v) is 22.6. The molecular weight excluding hydrogens is 777 g/mol. The molecule has 0 radical (unpaired) electrons. The number of likely N-dealkylation sites (N-methyl/N-ethyl adjacent to an activating group) is 2. The zero-order valence-electron chi connectivity index (χ0n) is 40.0. The molecule has 0 unspecified atom stereocenters. The van der Waals surface area contributed by atoms with Crippen LogP contribution in [-0.4, -0.2) is 158 Å². The number of rotatable bonds is 27. The van der Waals surface area contributed by atoms with Crippen LogP contribution >= 0.6 is 0 Å². The van der Waals surface area contributed by atoms with E-state index in [0.717, 1.165) is 31.5 Å². The van der Waals surface area contributed by atoms with Crippen LogP contribution in [0, 0.1) is 23.7 Å². The van der Waals surface area contributed by atoms with Gasteiger partial charge in [-0.2, -0.15) is 0 Å². The molecule has 61 heavy (non-hydrogen) atoms. The number of hydrogen-bond acceptors (Lipinski definition) is 9. The summed E-state index contributed by atoms with van der Waals surface area (Å²) in [6.45, 7) is 20.3. The average Bonchev–Trinajstić information content (AvgIpc) is 3.70. The van der Waals surface area contributed by atoms with Gasteiger partial charge in [-0.15, -0.1) is 0 Å². The zero-order valence-corrected chi connectivity index (χ0v) is 40.0. The number of hydrogen-bond donors (Lipinski definition) is 3. The predicted molar refractivity (Wildman–Crippen MR) is 241 cm³/mol. The van der Waals surface area contributed by atoms with Gasteiger partial charge in [0.15, 0.2) is 0 Å². The zero-order chi connectivity index (χ0) is 46.1. The first-order valence-electron chi connectivity index (χ1n) is 22.6. The Labute approximate surface area is 367 Å². The molecule has 1 saturated heterocycles. The van der Waals surface area contributed by atoms with Gasteiger partial charge in [0.05, 0.1) is 42.7 Å². The lowest BCUT2D eigenvalue weighted by atomic mass is 9.89. The Morgan fingerprint density at radius 3 is 1.95 bits per heavy atom. The number of carboxylic acid groups (broad SMARTS) is 1. The largest absolute Gasteiger partial charge is 0.480 e. The van der Waals surface area contributed by atoms with Crippen molar-refractivity contribution in [2.24, 2.45) is 23.7 Å². The number of benzene rings is 1. The van der Waals surface area contributed by atoms with Crippen molar-refractivity contribution in [3.63, 3.8) is 0 Å². The van der Waals surface area contributed by atoms with E-state index in [1.807, 2.05) is 78.9 Å². The van der Waals surface area contributed by atoms with Gasteiger partial charge in [0.2, 0.25) is 23.6 Å². The third-order valence-corrected chi connectivity index (χ3v) is 12.9. The van der Waals surface area contributed by atoms with Crippen molar-refractivity contribution in [2.75, 3.05) is 55.0 Å². The highest BCUT2D eigenvalue weighted by atomic mass is 16.5. The normalized spacial score (nSPS) is 18.5. The maximum absolute atomic E-state index is 14.5. The molecular formula is C47H82N6O8. The van der Waals surface area contributed by atoms with E-state index >= 15 is 0 Å². The van der Waals surface area contributed by atoms with Gasteiger partial charge in [0.1, 0.15) is 12.1 Å². The van der Waals surface area contributed by atoms with E-state index in [9.17, 15) is 29.1 Å². The minimum Gasteiger partial charge on any atom is -0.480 e. The van der Waals surface area contributed by atoms with Gasteiger partial charge in [0.25, 0.3) is 0 Å². The Morgan fingerprint density at radius 2 is 1.44 bits per heavy atom. The molecule has 0 aliphatic carbocycles. The Balaban J connectivity index is 2.24. The van der Waals surface area contributed by atoms with E-state index in [2.05, 4.69) is 41.3 Å². The van der Waals surface area contributed by atoms with Crippen molar-refractivity contribution in [1.29, 1.82) is 0 Å². The maximum Gasteiger partial charge on any atom is 0.326 e. The molecule has 0 bridgehead atoms. The molecule has 1 aromatic rings. The lowest BCUT2D eigenvalue weighted by molar-refractivity contribution is -0.148. The minimum absolute atomic E-state index is 0.0132. The van der Waals surface area contributed by atoms with E-state index < -0.39 is 60.2 Å². The van der Waals surface area contributed by atoms with Gasteiger partial charge in [0, 0.05) is 40.3 Å². The molecule has 348 valence electrons. The molecule has 0 aromatic heterocycles. The summed E-state index contributed by atoms with van der Waals surface area (Å²) in [5.74, 6) is -3.20. The Hall–Kier alpha value is -3.59. The monoisotopic (exact) mass is 859 g/mol. The van der Waals surface area contributed by atoms with Crippen LogP contribution in [0.3, 0.4) is 0 Å². The van der Waals surface area contributed by atoms with Crippen LogP contribution in [0.15, 0.2) is 30.3 Å². The van der Waals surface area contributed by atoms with Crippen LogP contribution in [0.5, 0.6) is 0 Å². The number of unbranched alkanes of at least 4 members (excludes halogenated alkanes) is 1. The van der Waals surface area contributed by atoms with E-state index in [-0.39, 0.29) is 48.3 Å². The fourth-order valence-corrected chi connectivity index (χ4v) is 8.76. The van der Waals surface area contributed by atoms with E-state index in [0.29, 0.717) is 31.8 Å². The molecule has 1 aliphatic rings. The van der Waals surface area contributed by atoms with Gasteiger partial charge in [-0.1, -0.05) is 85.2 Å². The fourth-order valence-electron chi connectivity index (χ4n) is 8.76. The quantitative estimate of drug-likeness (QED) is 0.104. The van der Waals surface area contributed by atoms with E-state index in [1.54, 1.807) is 30.9 Å². The van der Waals surface area contributed by atoms with Crippen molar-refractivity contribution in [3.05, 3.63) is 35.9 Å². The third-order valence-electron chi connectivity index (χ3n) is 12.9. The Bertz CT molecular complexity index is 1510. The Kier molecular flexibility index (Phi) is 22.9. The van der Waals surface area contributed by atoms with Gasteiger partial charge in [-0.3, -0.25) is 24.1 Å². The number of carboxylic acids is 1. The number of carbonyl (C=O) groups is 5.